The van der Waals surface area contributed by atoms with Crippen LogP contribution in [0.3, 0.4) is 0 Å². The summed E-state index contributed by atoms with van der Waals surface area (Å²) >= 11 is 0. The van der Waals surface area contributed by atoms with Crippen molar-refractivity contribution in [2.24, 2.45) is 0 Å². The molecule has 0 saturated carbocycles. The number of fused-ring (bicyclic) bond motifs is 8. The third-order valence-electron chi connectivity index (χ3n) is 21.2. The van der Waals surface area contributed by atoms with Crippen molar-refractivity contribution in [1.29, 1.82) is 0 Å². The Balaban J connectivity index is 0.970. The maximum Gasteiger partial charge on any atom is 0.338 e. The number of carbonyl (C=O) groups excluding carboxylic acids is 2. The Bertz CT molecular complexity index is 5660. The normalized spacial score (nSPS) is 12.7. The van der Waals surface area contributed by atoms with Gasteiger partial charge in [-0.1, -0.05) is 266 Å². The average molecular weight is 1280 g/mol. The highest BCUT2D eigenvalue weighted by molar-refractivity contribution is 7.02. The Hall–Kier alpha value is -12.8. The van der Waals surface area contributed by atoms with Gasteiger partial charge in [-0.2, -0.15) is 0 Å². The Kier molecular flexibility index (Phi) is 13.2. The number of hydrogen-bond acceptors (Lipinski definition) is 6. The molecule has 16 aromatic carbocycles. The standard InChI is InChI=1S/C92H58B2N2O4/c97-91(99-55-57-27-7-1-8-28-57)61-47-75-71-51-69(67-41-21-19-39-65(67)59-31-11-3-12-32-59)73-54-80-86-72(76-48-62(92(98)100-56-58-29-9-2-10-30-58)50-84-90(76)94(80)78-44-24-26-46-82(78)96(84)64-37-17-6-18-38-64)52-70(68-42-22-20-40-66(68)60-33-13-4-14-34-60)74-53-79(85(71)87(73)88(74)86)93-77-43-23-25-45-81(77)95(83(49-61)89(75)93)63-35-15-5-16-36-63/h1-54H,55-56H2. The molecule has 20 rings (SSSR count). The molecular weight excluding hydrogens is 1220 g/mol. The van der Waals surface area contributed by atoms with Crippen molar-refractivity contribution in [3.63, 3.8) is 0 Å². The molecule has 100 heavy (non-hydrogen) atoms. The van der Waals surface area contributed by atoms with Crippen molar-refractivity contribution in [2.45, 2.75) is 13.2 Å². The second-order valence-corrected chi connectivity index (χ2v) is 26.7. The number of esters is 2. The molecule has 0 fully saturated rings. The molecule has 0 bridgehead atoms. The lowest BCUT2D eigenvalue weighted by molar-refractivity contribution is 0.0464. The average Bonchev–Trinajstić information content (AvgIpc) is 0.665. The molecule has 4 aliphatic rings. The van der Waals surface area contributed by atoms with E-state index in [-0.39, 0.29) is 26.6 Å². The zero-order valence-corrected chi connectivity index (χ0v) is 54.3. The van der Waals surface area contributed by atoms with Gasteiger partial charge in [0.1, 0.15) is 13.2 Å². The summed E-state index contributed by atoms with van der Waals surface area (Å²) < 4.78 is 12.8. The highest BCUT2D eigenvalue weighted by atomic mass is 16.5. The summed E-state index contributed by atoms with van der Waals surface area (Å²) in [5.41, 5.74) is 28.4. The van der Waals surface area contributed by atoms with Gasteiger partial charge >= 0.3 is 11.9 Å². The minimum Gasteiger partial charge on any atom is -0.457 e. The van der Waals surface area contributed by atoms with Gasteiger partial charge in [0.05, 0.1) is 11.1 Å². The molecule has 8 heteroatoms. The maximum absolute atomic E-state index is 15.3. The van der Waals surface area contributed by atoms with Gasteiger partial charge in [0.2, 0.25) is 13.4 Å². The first kappa shape index (κ1) is 57.5. The monoisotopic (exact) mass is 1280 g/mol. The molecule has 0 aliphatic carbocycles. The summed E-state index contributed by atoms with van der Waals surface area (Å²) in [5.74, 6) is -0.801. The molecular formula is C92H58B2N2O4. The Morgan fingerprint density at radius 2 is 0.610 bits per heavy atom. The Labute approximate surface area is 579 Å². The molecule has 0 atom stereocenters. The van der Waals surface area contributed by atoms with E-state index in [2.05, 4.69) is 277 Å². The van der Waals surface area contributed by atoms with Crippen molar-refractivity contribution in [3.05, 3.63) is 350 Å². The molecule has 0 spiro atoms. The van der Waals surface area contributed by atoms with Gasteiger partial charge in [0, 0.05) is 34.1 Å². The molecule has 6 nitrogen and oxygen atoms in total. The molecule has 0 unspecified atom stereocenters. The van der Waals surface area contributed by atoms with Crippen LogP contribution in [0.2, 0.25) is 0 Å². The SMILES string of the molecule is O=C(OCc1ccccc1)c1cc2c3c(c1)N(c1ccccc1)c1ccccc1B3c1cc3c(-c4ccccc4-c4ccccc4)cc4c5c(cc6c(-c7ccccc7-c7ccccc7)cc-2c1c6c35)B1c2ccccc2N(c2ccccc2)c2cc(C(=O)OCc3ccccc3)cc-4c21. The molecule has 0 radical (unpaired) electrons. The van der Waals surface area contributed by atoms with Gasteiger partial charge in [0.25, 0.3) is 0 Å². The van der Waals surface area contributed by atoms with E-state index in [1.807, 2.05) is 60.7 Å². The van der Waals surface area contributed by atoms with Crippen molar-refractivity contribution in [3.8, 4) is 66.8 Å². The van der Waals surface area contributed by atoms with Crippen LogP contribution in [0.1, 0.15) is 31.8 Å². The van der Waals surface area contributed by atoms with Crippen LogP contribution in [0.5, 0.6) is 0 Å². The van der Waals surface area contributed by atoms with Crippen LogP contribution < -0.4 is 42.6 Å². The molecule has 16 aromatic rings. The molecule has 4 aliphatic heterocycles. The van der Waals surface area contributed by atoms with Crippen molar-refractivity contribution in [1.82, 2.24) is 0 Å². The molecule has 4 heterocycles. The summed E-state index contributed by atoms with van der Waals surface area (Å²) in [6, 6.07) is 116. The van der Waals surface area contributed by atoms with Gasteiger partial charge < -0.3 is 19.3 Å². The minimum atomic E-state index is -0.400. The van der Waals surface area contributed by atoms with E-state index in [4.69, 9.17) is 9.47 Å². The Morgan fingerprint density at radius 3 is 1.01 bits per heavy atom. The van der Waals surface area contributed by atoms with E-state index in [0.717, 1.165) is 155 Å². The highest BCUT2D eigenvalue weighted by Crippen LogP contribution is 2.54. The smallest absolute Gasteiger partial charge is 0.338 e. The van der Waals surface area contributed by atoms with E-state index >= 15 is 9.59 Å². The third-order valence-corrected chi connectivity index (χ3v) is 21.2. The largest absolute Gasteiger partial charge is 0.457 e. The van der Waals surface area contributed by atoms with Crippen LogP contribution in [0, 0.1) is 0 Å². The second kappa shape index (κ2) is 22.9. The van der Waals surface area contributed by atoms with Gasteiger partial charge in [-0.05, 0) is 205 Å². The first-order valence-corrected chi connectivity index (χ1v) is 34.3. The number of ether oxygens (including phenoxy) is 2. The van der Waals surface area contributed by atoms with Crippen molar-refractivity contribution >= 4 is 125 Å². The fourth-order valence-corrected chi connectivity index (χ4v) is 17.1. The quantitative estimate of drug-likeness (QED) is 0.0690. The van der Waals surface area contributed by atoms with Crippen LogP contribution in [0.25, 0.3) is 99.1 Å². The minimum absolute atomic E-state index is 0.125. The number of benzene rings is 16. The number of nitrogens with zero attached hydrogens (tertiary/aromatic N) is 2. The van der Waals surface area contributed by atoms with Crippen LogP contribution in [-0.2, 0) is 22.7 Å². The lowest BCUT2D eigenvalue weighted by Crippen LogP contribution is -2.60. The predicted molar refractivity (Wildman–Crippen MR) is 413 cm³/mol. The molecule has 0 aromatic heterocycles. The molecule has 466 valence electrons. The zero-order chi connectivity index (χ0) is 66.1. The van der Waals surface area contributed by atoms with E-state index in [0.29, 0.717) is 11.1 Å². The van der Waals surface area contributed by atoms with E-state index in [1.54, 1.807) is 0 Å². The zero-order valence-electron chi connectivity index (χ0n) is 54.3. The fraction of sp³-hybridized carbons (Fsp3) is 0.0217. The number of hydrogen-bond donors (Lipinski definition) is 0. The van der Waals surface area contributed by atoms with E-state index < -0.39 is 11.9 Å². The fourth-order valence-electron chi connectivity index (χ4n) is 17.1. The number of anilines is 6. The molecule has 0 N–H and O–H groups in total. The van der Waals surface area contributed by atoms with Crippen molar-refractivity contribution in [2.75, 3.05) is 9.80 Å². The van der Waals surface area contributed by atoms with Crippen LogP contribution in [0.4, 0.5) is 34.1 Å². The summed E-state index contributed by atoms with van der Waals surface area (Å²) in [6.07, 6.45) is 0. The van der Waals surface area contributed by atoms with Crippen LogP contribution in [-0.4, -0.2) is 25.4 Å². The maximum atomic E-state index is 15.3. The van der Waals surface area contributed by atoms with Crippen molar-refractivity contribution < 1.29 is 19.1 Å². The Morgan fingerprint density at radius 1 is 0.270 bits per heavy atom. The summed E-state index contributed by atoms with van der Waals surface area (Å²) in [4.78, 5) is 35.3. The van der Waals surface area contributed by atoms with Crippen LogP contribution >= 0.6 is 0 Å². The predicted octanol–water partition coefficient (Wildman–Crippen LogP) is 18.5. The lowest BCUT2D eigenvalue weighted by Gasteiger charge is -2.42. The highest BCUT2D eigenvalue weighted by Gasteiger charge is 2.46. The third kappa shape index (κ3) is 8.86. The first-order valence-electron chi connectivity index (χ1n) is 34.3. The summed E-state index contributed by atoms with van der Waals surface area (Å²) in [6.45, 7) is -0.326. The van der Waals surface area contributed by atoms with Gasteiger partial charge in [-0.25, -0.2) is 9.59 Å². The number of carbonyl (C=O) groups is 2. The summed E-state index contributed by atoms with van der Waals surface area (Å²) in [5, 5.41) is 6.82. The second-order valence-electron chi connectivity index (χ2n) is 26.7. The number of para-hydroxylation sites is 4. The van der Waals surface area contributed by atoms with Crippen LogP contribution in [0.15, 0.2) is 328 Å². The molecule has 0 amide bonds. The molecule has 0 saturated heterocycles. The summed E-state index contributed by atoms with van der Waals surface area (Å²) in [7, 11) is 0. The van der Waals surface area contributed by atoms with E-state index in [1.165, 1.54) is 21.9 Å². The van der Waals surface area contributed by atoms with E-state index in [9.17, 15) is 0 Å². The lowest BCUT2D eigenvalue weighted by atomic mass is 9.31. The topological polar surface area (TPSA) is 59.1 Å². The van der Waals surface area contributed by atoms with Gasteiger partial charge in [-0.3, -0.25) is 0 Å². The van der Waals surface area contributed by atoms with Gasteiger partial charge in [-0.15, -0.1) is 0 Å². The first-order chi connectivity index (χ1) is 49.5. The number of rotatable bonds is 12. The van der Waals surface area contributed by atoms with Gasteiger partial charge in [0.15, 0.2) is 0 Å².